The molecule has 6 nitrogen and oxygen atoms in total. The Morgan fingerprint density at radius 2 is 1.83 bits per heavy atom. The lowest BCUT2D eigenvalue weighted by molar-refractivity contribution is 0.0876. The van der Waals surface area contributed by atoms with Crippen LogP contribution in [0.2, 0.25) is 0 Å². The average molecular weight is 390 g/mol. The average Bonchev–Trinajstić information content (AvgIpc) is 3.44. The monoisotopic (exact) mass is 390 g/mol. The largest absolute Gasteiger partial charge is 0.493 e. The summed E-state index contributed by atoms with van der Waals surface area (Å²) in [4.78, 5) is 4.94. The number of aromatic nitrogens is 2. The Morgan fingerprint density at radius 1 is 1.00 bits per heavy atom. The van der Waals surface area contributed by atoms with Crippen molar-refractivity contribution in [1.82, 2.24) is 20.0 Å². The van der Waals surface area contributed by atoms with E-state index in [1.165, 1.54) is 11.1 Å². The molecule has 0 amide bonds. The standard InChI is InChI=1S/C23H26N4O2/c1-17(22-24-25-23(29-22)19-5-3-2-4-6-19)27-12-10-26(11-13-27)16-18-7-8-21-20(15-18)9-14-28-21/h2-8,15,17H,9-14,16H2,1H3. The highest BCUT2D eigenvalue weighted by atomic mass is 16.5. The van der Waals surface area contributed by atoms with Crippen LogP contribution in [0.5, 0.6) is 5.75 Å². The Morgan fingerprint density at radius 3 is 2.66 bits per heavy atom. The minimum atomic E-state index is 0.124. The SMILES string of the molecule is CC(c1nnc(-c2ccccc2)o1)N1CCN(Cc2ccc3c(c2)CCO3)CC1. The van der Waals surface area contributed by atoms with Crippen molar-refractivity contribution in [3.63, 3.8) is 0 Å². The Bertz CT molecular complexity index is 964. The zero-order valence-corrected chi connectivity index (χ0v) is 16.8. The molecule has 6 heteroatoms. The molecule has 150 valence electrons. The van der Waals surface area contributed by atoms with E-state index in [1.807, 2.05) is 30.3 Å². The summed E-state index contributed by atoms with van der Waals surface area (Å²) < 4.78 is 11.6. The third-order valence-electron chi connectivity index (χ3n) is 5.93. The number of piperazine rings is 1. The summed E-state index contributed by atoms with van der Waals surface area (Å²) in [5, 5.41) is 8.54. The van der Waals surface area contributed by atoms with Gasteiger partial charge in [0.05, 0.1) is 12.6 Å². The van der Waals surface area contributed by atoms with Crippen LogP contribution < -0.4 is 4.74 Å². The highest BCUT2D eigenvalue weighted by molar-refractivity contribution is 5.51. The number of rotatable bonds is 5. The summed E-state index contributed by atoms with van der Waals surface area (Å²) in [5.74, 6) is 2.34. The fourth-order valence-electron chi connectivity index (χ4n) is 4.16. The predicted molar refractivity (Wildman–Crippen MR) is 111 cm³/mol. The van der Waals surface area contributed by atoms with Gasteiger partial charge in [0.15, 0.2) is 0 Å². The molecule has 2 aromatic carbocycles. The molecule has 1 fully saturated rings. The molecule has 29 heavy (non-hydrogen) atoms. The minimum Gasteiger partial charge on any atom is -0.493 e. The maximum Gasteiger partial charge on any atom is 0.247 e. The molecule has 0 aliphatic carbocycles. The Kier molecular flexibility index (Phi) is 5.04. The fraction of sp³-hybridized carbons (Fsp3) is 0.391. The zero-order valence-electron chi connectivity index (χ0n) is 16.8. The van der Waals surface area contributed by atoms with Gasteiger partial charge in [0.1, 0.15) is 5.75 Å². The molecule has 0 radical (unpaired) electrons. The summed E-state index contributed by atoms with van der Waals surface area (Å²) in [7, 11) is 0. The van der Waals surface area contributed by atoms with E-state index in [9.17, 15) is 0 Å². The summed E-state index contributed by atoms with van der Waals surface area (Å²) >= 11 is 0. The van der Waals surface area contributed by atoms with Gasteiger partial charge in [0.25, 0.3) is 0 Å². The van der Waals surface area contributed by atoms with Gasteiger partial charge < -0.3 is 9.15 Å². The van der Waals surface area contributed by atoms with Crippen molar-refractivity contribution in [2.75, 3.05) is 32.8 Å². The molecule has 3 aromatic rings. The highest BCUT2D eigenvalue weighted by Crippen LogP contribution is 2.27. The van der Waals surface area contributed by atoms with Crippen molar-refractivity contribution in [2.24, 2.45) is 0 Å². The number of nitrogens with zero attached hydrogens (tertiary/aromatic N) is 4. The molecule has 2 aliphatic rings. The molecule has 5 rings (SSSR count). The van der Waals surface area contributed by atoms with E-state index < -0.39 is 0 Å². The van der Waals surface area contributed by atoms with Gasteiger partial charge in [-0.15, -0.1) is 10.2 Å². The van der Waals surface area contributed by atoms with Crippen molar-refractivity contribution >= 4 is 0 Å². The van der Waals surface area contributed by atoms with Crippen LogP contribution in [-0.4, -0.2) is 52.8 Å². The van der Waals surface area contributed by atoms with Gasteiger partial charge in [-0.3, -0.25) is 9.80 Å². The first kappa shape index (κ1) is 18.3. The molecule has 0 bridgehead atoms. The first-order valence-electron chi connectivity index (χ1n) is 10.4. The lowest BCUT2D eigenvalue weighted by Gasteiger charge is -2.36. The first-order chi connectivity index (χ1) is 14.3. The van der Waals surface area contributed by atoms with Crippen LogP contribution in [0.1, 0.15) is 30.0 Å². The number of ether oxygens (including phenoxy) is 1. The second kappa shape index (κ2) is 7.97. The summed E-state index contributed by atoms with van der Waals surface area (Å²) in [6.07, 6.45) is 1.03. The van der Waals surface area contributed by atoms with E-state index in [-0.39, 0.29) is 6.04 Å². The van der Waals surface area contributed by atoms with Crippen molar-refractivity contribution < 1.29 is 9.15 Å². The van der Waals surface area contributed by atoms with Gasteiger partial charge >= 0.3 is 0 Å². The van der Waals surface area contributed by atoms with Gasteiger partial charge in [-0.05, 0) is 36.2 Å². The van der Waals surface area contributed by atoms with E-state index in [1.54, 1.807) is 0 Å². The lowest BCUT2D eigenvalue weighted by Crippen LogP contribution is -2.46. The number of benzene rings is 2. The van der Waals surface area contributed by atoms with E-state index in [0.717, 1.165) is 57.1 Å². The topological polar surface area (TPSA) is 54.6 Å². The van der Waals surface area contributed by atoms with Crippen LogP contribution in [0.3, 0.4) is 0 Å². The van der Waals surface area contributed by atoms with Gasteiger partial charge in [0, 0.05) is 44.7 Å². The Balaban J connectivity index is 1.18. The van der Waals surface area contributed by atoms with Crippen LogP contribution >= 0.6 is 0 Å². The second-order valence-corrected chi connectivity index (χ2v) is 7.84. The molecule has 0 N–H and O–H groups in total. The van der Waals surface area contributed by atoms with E-state index in [4.69, 9.17) is 9.15 Å². The Labute approximate surface area is 171 Å². The minimum absolute atomic E-state index is 0.124. The molecule has 1 atom stereocenters. The fourth-order valence-corrected chi connectivity index (χ4v) is 4.16. The molecule has 3 heterocycles. The van der Waals surface area contributed by atoms with Crippen LogP contribution in [0.25, 0.3) is 11.5 Å². The summed E-state index contributed by atoms with van der Waals surface area (Å²) in [5.41, 5.74) is 3.68. The zero-order chi connectivity index (χ0) is 19.6. The predicted octanol–water partition coefficient (Wildman–Crippen LogP) is 3.55. The summed E-state index contributed by atoms with van der Waals surface area (Å²) in [6, 6.07) is 16.7. The summed E-state index contributed by atoms with van der Waals surface area (Å²) in [6.45, 7) is 8.04. The molecular formula is C23H26N4O2. The van der Waals surface area contributed by atoms with Crippen LogP contribution in [0, 0.1) is 0 Å². The quantitative estimate of drug-likeness (QED) is 0.664. The molecule has 1 aromatic heterocycles. The van der Waals surface area contributed by atoms with E-state index in [0.29, 0.717) is 11.8 Å². The lowest BCUT2D eigenvalue weighted by atomic mass is 10.1. The molecule has 1 unspecified atom stereocenters. The Hall–Kier alpha value is -2.70. The molecule has 2 aliphatic heterocycles. The first-order valence-corrected chi connectivity index (χ1v) is 10.4. The number of hydrogen-bond donors (Lipinski definition) is 0. The molecular weight excluding hydrogens is 364 g/mol. The van der Waals surface area contributed by atoms with Crippen LogP contribution in [0.4, 0.5) is 0 Å². The van der Waals surface area contributed by atoms with Crippen molar-refractivity contribution in [3.05, 3.63) is 65.5 Å². The third-order valence-corrected chi connectivity index (χ3v) is 5.93. The third kappa shape index (κ3) is 3.91. The normalized spacial score (nSPS) is 18.4. The van der Waals surface area contributed by atoms with Crippen molar-refractivity contribution in [1.29, 1.82) is 0 Å². The van der Waals surface area contributed by atoms with Crippen molar-refractivity contribution in [3.8, 4) is 17.2 Å². The number of hydrogen-bond acceptors (Lipinski definition) is 6. The molecule has 0 spiro atoms. The van der Waals surface area contributed by atoms with E-state index >= 15 is 0 Å². The highest BCUT2D eigenvalue weighted by Gasteiger charge is 2.26. The van der Waals surface area contributed by atoms with Gasteiger partial charge in [0.2, 0.25) is 11.8 Å². The smallest absolute Gasteiger partial charge is 0.247 e. The second-order valence-electron chi connectivity index (χ2n) is 7.84. The number of fused-ring (bicyclic) bond motifs is 1. The van der Waals surface area contributed by atoms with Gasteiger partial charge in [-0.1, -0.05) is 30.3 Å². The molecule has 0 saturated carbocycles. The van der Waals surface area contributed by atoms with Crippen molar-refractivity contribution in [2.45, 2.75) is 25.9 Å². The van der Waals surface area contributed by atoms with Crippen LogP contribution in [-0.2, 0) is 13.0 Å². The van der Waals surface area contributed by atoms with Crippen LogP contribution in [0.15, 0.2) is 52.9 Å². The molecule has 1 saturated heterocycles. The van der Waals surface area contributed by atoms with E-state index in [2.05, 4.69) is 45.1 Å². The van der Waals surface area contributed by atoms with Gasteiger partial charge in [-0.2, -0.15) is 0 Å². The maximum atomic E-state index is 5.96. The maximum absolute atomic E-state index is 5.96. The van der Waals surface area contributed by atoms with Gasteiger partial charge in [-0.25, -0.2) is 0 Å².